The van der Waals surface area contributed by atoms with E-state index in [1.165, 1.54) is 0 Å². The quantitative estimate of drug-likeness (QED) is 0.779. The number of nitrogens with zero attached hydrogens (tertiary/aromatic N) is 1. The van der Waals surface area contributed by atoms with Crippen LogP contribution in [-0.2, 0) is 22.4 Å². The molecule has 0 aliphatic carbocycles. The summed E-state index contributed by atoms with van der Waals surface area (Å²) in [6, 6.07) is 9.13. The average molecular weight is 332 g/mol. The number of carboxylic acids is 1. The summed E-state index contributed by atoms with van der Waals surface area (Å²) in [6.07, 6.45) is 1.45. The van der Waals surface area contributed by atoms with Crippen molar-refractivity contribution < 1.29 is 14.7 Å². The fourth-order valence-electron chi connectivity index (χ4n) is 2.28. The van der Waals surface area contributed by atoms with Crippen LogP contribution in [0.2, 0.25) is 0 Å². The minimum Gasteiger partial charge on any atom is -0.481 e. The van der Waals surface area contributed by atoms with Crippen molar-refractivity contribution in [1.82, 2.24) is 10.3 Å². The molecule has 2 N–H and O–H groups in total. The number of nitrogens with one attached hydrogen (secondary N) is 1. The molecule has 1 amide bonds. The first-order valence-electron chi connectivity index (χ1n) is 7.58. The number of aryl methyl sites for hydroxylation is 1. The van der Waals surface area contributed by atoms with Gasteiger partial charge in [0.1, 0.15) is 0 Å². The van der Waals surface area contributed by atoms with E-state index in [0.717, 1.165) is 22.7 Å². The standard InChI is InChI=1S/C17H20N2O3S/c1-2-16-18-13(11-23-16)10-15(20)19-14(8-9-17(21)22)12-6-4-3-5-7-12/h3-7,11,14H,2,8-10H2,1H3,(H,19,20)(H,21,22). The Labute approximate surface area is 139 Å². The van der Waals surface area contributed by atoms with Crippen LogP contribution in [0.1, 0.15) is 42.1 Å². The fourth-order valence-corrected chi connectivity index (χ4v) is 3.02. The van der Waals surface area contributed by atoms with Crippen LogP contribution in [0.25, 0.3) is 0 Å². The molecule has 0 saturated carbocycles. The van der Waals surface area contributed by atoms with Gasteiger partial charge in [-0.15, -0.1) is 11.3 Å². The van der Waals surface area contributed by atoms with Gasteiger partial charge in [0.15, 0.2) is 0 Å². The van der Waals surface area contributed by atoms with Crippen molar-refractivity contribution in [3.8, 4) is 0 Å². The van der Waals surface area contributed by atoms with Crippen LogP contribution in [0.5, 0.6) is 0 Å². The zero-order valence-electron chi connectivity index (χ0n) is 13.0. The molecular formula is C17H20N2O3S. The van der Waals surface area contributed by atoms with Crippen molar-refractivity contribution >= 4 is 23.2 Å². The highest BCUT2D eigenvalue weighted by Gasteiger charge is 2.17. The number of benzene rings is 1. The largest absolute Gasteiger partial charge is 0.481 e. The minimum atomic E-state index is -0.868. The van der Waals surface area contributed by atoms with Gasteiger partial charge < -0.3 is 10.4 Å². The summed E-state index contributed by atoms with van der Waals surface area (Å²) in [6.45, 7) is 2.03. The van der Waals surface area contributed by atoms with E-state index in [0.29, 0.717) is 6.42 Å². The average Bonchev–Trinajstić information content (AvgIpc) is 2.99. The maximum Gasteiger partial charge on any atom is 0.303 e. The summed E-state index contributed by atoms with van der Waals surface area (Å²) < 4.78 is 0. The minimum absolute atomic E-state index is 0.0104. The molecule has 2 aromatic rings. The summed E-state index contributed by atoms with van der Waals surface area (Å²) in [4.78, 5) is 27.5. The van der Waals surface area contributed by atoms with E-state index in [4.69, 9.17) is 5.11 Å². The third-order valence-electron chi connectivity index (χ3n) is 3.43. The predicted molar refractivity (Wildman–Crippen MR) is 89.4 cm³/mol. The second-order valence-electron chi connectivity index (χ2n) is 5.23. The number of hydrogen-bond acceptors (Lipinski definition) is 4. The molecule has 0 saturated heterocycles. The Kier molecular flexibility index (Phi) is 6.29. The first-order valence-corrected chi connectivity index (χ1v) is 8.45. The fraction of sp³-hybridized carbons (Fsp3) is 0.353. The second kappa shape index (κ2) is 8.43. The lowest BCUT2D eigenvalue weighted by atomic mass is 10.0. The van der Waals surface area contributed by atoms with E-state index in [2.05, 4.69) is 10.3 Å². The van der Waals surface area contributed by atoms with E-state index in [1.807, 2.05) is 42.6 Å². The van der Waals surface area contributed by atoms with Crippen LogP contribution < -0.4 is 5.32 Å². The van der Waals surface area contributed by atoms with Gasteiger partial charge in [0.25, 0.3) is 0 Å². The number of carbonyl (C=O) groups excluding carboxylic acids is 1. The molecule has 122 valence electrons. The molecule has 1 heterocycles. The molecule has 1 atom stereocenters. The second-order valence-corrected chi connectivity index (χ2v) is 6.17. The van der Waals surface area contributed by atoms with E-state index in [1.54, 1.807) is 11.3 Å². The van der Waals surface area contributed by atoms with Crippen LogP contribution in [0, 0.1) is 0 Å². The molecular weight excluding hydrogens is 312 g/mol. The van der Waals surface area contributed by atoms with Crippen molar-refractivity contribution in [3.63, 3.8) is 0 Å². The zero-order valence-corrected chi connectivity index (χ0v) is 13.8. The van der Waals surface area contributed by atoms with Crippen LogP contribution in [0.3, 0.4) is 0 Å². The van der Waals surface area contributed by atoms with Crippen molar-refractivity contribution in [3.05, 3.63) is 52.0 Å². The van der Waals surface area contributed by atoms with Gasteiger partial charge in [0.05, 0.1) is 23.2 Å². The molecule has 0 aliphatic rings. The van der Waals surface area contributed by atoms with Crippen LogP contribution in [0.4, 0.5) is 0 Å². The van der Waals surface area contributed by atoms with Crippen LogP contribution in [-0.4, -0.2) is 22.0 Å². The van der Waals surface area contributed by atoms with E-state index in [9.17, 15) is 9.59 Å². The molecule has 0 fully saturated rings. The molecule has 23 heavy (non-hydrogen) atoms. The Balaban J connectivity index is 2.01. The number of aromatic nitrogens is 1. The number of thiazole rings is 1. The molecule has 0 radical (unpaired) electrons. The van der Waals surface area contributed by atoms with Crippen molar-refractivity contribution in [1.29, 1.82) is 0 Å². The van der Waals surface area contributed by atoms with E-state index < -0.39 is 5.97 Å². The molecule has 5 nitrogen and oxygen atoms in total. The monoisotopic (exact) mass is 332 g/mol. The predicted octanol–water partition coefficient (Wildman–Crippen LogP) is 2.97. The molecule has 0 aliphatic heterocycles. The van der Waals surface area contributed by atoms with Gasteiger partial charge in [-0.1, -0.05) is 37.3 Å². The number of hydrogen-bond donors (Lipinski definition) is 2. The van der Waals surface area contributed by atoms with Crippen molar-refractivity contribution in [2.75, 3.05) is 0 Å². The Morgan fingerprint density at radius 2 is 2.04 bits per heavy atom. The summed E-state index contributed by atoms with van der Waals surface area (Å²) >= 11 is 1.55. The molecule has 2 rings (SSSR count). The van der Waals surface area contributed by atoms with Gasteiger partial charge >= 0.3 is 5.97 Å². The smallest absolute Gasteiger partial charge is 0.303 e. The normalized spacial score (nSPS) is 11.9. The number of amides is 1. The van der Waals surface area contributed by atoms with Gasteiger partial charge in [-0.3, -0.25) is 9.59 Å². The third-order valence-corrected chi connectivity index (χ3v) is 4.47. The summed E-state index contributed by atoms with van der Waals surface area (Å²) in [5.74, 6) is -1.01. The molecule has 0 bridgehead atoms. The Morgan fingerprint density at radius 3 is 2.65 bits per heavy atom. The number of rotatable bonds is 8. The third kappa shape index (κ3) is 5.49. The lowest BCUT2D eigenvalue weighted by Gasteiger charge is -2.18. The lowest BCUT2D eigenvalue weighted by Crippen LogP contribution is -2.30. The zero-order chi connectivity index (χ0) is 16.7. The first-order chi connectivity index (χ1) is 11.1. The lowest BCUT2D eigenvalue weighted by molar-refractivity contribution is -0.137. The summed E-state index contributed by atoms with van der Waals surface area (Å²) in [5.41, 5.74) is 1.67. The van der Waals surface area contributed by atoms with E-state index >= 15 is 0 Å². The molecule has 1 aromatic heterocycles. The Morgan fingerprint density at radius 1 is 1.30 bits per heavy atom. The Hall–Kier alpha value is -2.21. The number of aliphatic carboxylic acids is 1. The van der Waals surface area contributed by atoms with Gasteiger partial charge in [-0.25, -0.2) is 4.98 Å². The molecule has 6 heteroatoms. The van der Waals surface area contributed by atoms with Gasteiger partial charge in [-0.2, -0.15) is 0 Å². The van der Waals surface area contributed by atoms with Gasteiger partial charge in [0, 0.05) is 11.8 Å². The molecule has 1 unspecified atom stereocenters. The SMILES string of the molecule is CCc1nc(CC(=O)NC(CCC(=O)O)c2ccccc2)cs1. The summed E-state index contributed by atoms with van der Waals surface area (Å²) in [5, 5.41) is 14.7. The van der Waals surface area contributed by atoms with Gasteiger partial charge in [-0.05, 0) is 18.4 Å². The van der Waals surface area contributed by atoms with Gasteiger partial charge in [0.2, 0.25) is 5.91 Å². The summed E-state index contributed by atoms with van der Waals surface area (Å²) in [7, 11) is 0. The topological polar surface area (TPSA) is 79.3 Å². The van der Waals surface area contributed by atoms with Crippen molar-refractivity contribution in [2.45, 2.75) is 38.6 Å². The highest BCUT2D eigenvalue weighted by molar-refractivity contribution is 7.09. The maximum atomic E-state index is 12.2. The van der Waals surface area contributed by atoms with Crippen LogP contribution in [0.15, 0.2) is 35.7 Å². The molecule has 1 aromatic carbocycles. The van der Waals surface area contributed by atoms with Crippen LogP contribution >= 0.6 is 11.3 Å². The van der Waals surface area contributed by atoms with E-state index in [-0.39, 0.29) is 24.8 Å². The van der Waals surface area contributed by atoms with Crippen molar-refractivity contribution in [2.24, 2.45) is 0 Å². The maximum absolute atomic E-state index is 12.2. The first kappa shape index (κ1) is 17.1. The Bertz CT molecular complexity index is 655. The highest BCUT2D eigenvalue weighted by atomic mass is 32.1. The number of carbonyl (C=O) groups is 2. The number of carboxylic acid groups (broad SMARTS) is 1. The molecule has 0 spiro atoms. The highest BCUT2D eigenvalue weighted by Crippen LogP contribution is 2.19.